The summed E-state index contributed by atoms with van der Waals surface area (Å²) in [5, 5.41) is -1.66. The van der Waals surface area contributed by atoms with Crippen molar-refractivity contribution in [3.8, 4) is 22.5 Å². The maximum Gasteiger partial charge on any atom is 0.136 e. The molecule has 0 aliphatic rings. The van der Waals surface area contributed by atoms with Crippen molar-refractivity contribution < 1.29 is 34.6 Å². The van der Waals surface area contributed by atoms with Gasteiger partial charge in [-0.2, -0.15) is 0 Å². The van der Waals surface area contributed by atoms with E-state index < -0.39 is 150 Å². The zero-order chi connectivity index (χ0) is 48.6. The van der Waals surface area contributed by atoms with Crippen LogP contribution in [0.25, 0.3) is 88.1 Å². The third-order valence-electron chi connectivity index (χ3n) is 7.74. The van der Waals surface area contributed by atoms with Crippen molar-refractivity contribution in [1.29, 1.82) is 0 Å². The summed E-state index contributed by atoms with van der Waals surface area (Å²) >= 11 is 0. The molecule has 0 aliphatic heterocycles. The lowest BCUT2D eigenvalue weighted by Crippen LogP contribution is -1.97. The Morgan fingerprint density at radius 2 is 1.04 bits per heavy atom. The van der Waals surface area contributed by atoms with E-state index in [0.717, 1.165) is 4.57 Å². The highest BCUT2D eigenvalue weighted by Crippen LogP contribution is 2.40. The van der Waals surface area contributed by atoms with Crippen LogP contribution in [-0.4, -0.2) is 9.13 Å². The van der Waals surface area contributed by atoms with Gasteiger partial charge in [-0.25, -0.2) is 0 Å². The number of hydrogen-bond acceptors (Lipinski definition) is 1. The van der Waals surface area contributed by atoms with E-state index in [4.69, 9.17) is 29.1 Å². The van der Waals surface area contributed by atoms with E-state index in [-0.39, 0.29) is 71.3 Å². The number of benzene rings is 7. The van der Waals surface area contributed by atoms with Crippen LogP contribution in [0.4, 0.5) is 0 Å². The van der Waals surface area contributed by atoms with Gasteiger partial charge in [-0.15, -0.1) is 0 Å². The molecule has 0 aliphatic carbocycles. The number of aromatic nitrogens is 2. The van der Waals surface area contributed by atoms with E-state index in [1.165, 1.54) is 28.8 Å². The molecule has 0 amide bonds. The lowest BCUT2D eigenvalue weighted by atomic mass is 9.99. The molecule has 45 heavy (non-hydrogen) atoms. The summed E-state index contributed by atoms with van der Waals surface area (Å²) in [7, 11) is 0. The van der Waals surface area contributed by atoms with Crippen LogP contribution in [-0.2, 0) is 0 Å². The Kier molecular flexibility index (Phi) is 2.35. The summed E-state index contributed by atoms with van der Waals surface area (Å²) in [4.78, 5) is 0. The summed E-state index contributed by atoms with van der Waals surface area (Å²) in [6, 6.07) is -9.38. The molecule has 210 valence electrons. The quantitative estimate of drug-likeness (QED) is 0.199. The fourth-order valence-corrected chi connectivity index (χ4v) is 5.89. The molecule has 0 radical (unpaired) electrons. The molecule has 10 rings (SSSR count). The predicted octanol–water partition coefficient (Wildman–Crippen LogP) is 11.4. The van der Waals surface area contributed by atoms with E-state index in [0.29, 0.717) is 0 Å². The van der Waals surface area contributed by atoms with E-state index in [9.17, 15) is 5.48 Å². The van der Waals surface area contributed by atoms with Gasteiger partial charge in [0.1, 0.15) is 11.2 Å². The molecule has 0 fully saturated rings. The Bertz CT molecular complexity index is 3940. The molecule has 0 bridgehead atoms. The molecule has 0 spiro atoms. The number of furan rings is 1. The van der Waals surface area contributed by atoms with Crippen LogP contribution in [0, 0.1) is 0 Å². The Balaban J connectivity index is 1.42. The molecule has 10 aromatic rings. The van der Waals surface area contributed by atoms with Crippen LogP contribution in [0.5, 0.6) is 0 Å². The van der Waals surface area contributed by atoms with E-state index >= 15 is 0 Å². The molecule has 0 unspecified atom stereocenters. The largest absolute Gasteiger partial charge is 0.456 e. The van der Waals surface area contributed by atoms with E-state index in [1.807, 2.05) is 0 Å². The third kappa shape index (κ3) is 3.46. The molecular formula is C42H26N2O. The minimum absolute atomic E-state index is 0.0195. The molecule has 3 heteroatoms. The molecule has 0 N–H and O–H groups in total. The van der Waals surface area contributed by atoms with Gasteiger partial charge in [-0.1, -0.05) is 103 Å². The predicted molar refractivity (Wildman–Crippen MR) is 188 cm³/mol. The number of para-hydroxylation sites is 4. The standard InChI is InChI=1S/C42H26N2O/c1-5-18-36-31(13-1)32-14-2-6-19-37(32)43(36)29-23-24-34-33-15-3-7-20-38(33)44(39(34)26-29)28-12-9-11-27(25-28)30-17-10-22-41-42(30)35-16-4-8-21-40(35)45-41/h1-26H/i1D,2D,3D,4D,5D,6D,7D,8D,10D,13D,14D,15D,16D,17D,18D,19D,20D,21D,22D,23D,24D,26D. The van der Waals surface area contributed by atoms with E-state index in [2.05, 4.69) is 0 Å². The Morgan fingerprint density at radius 3 is 1.76 bits per heavy atom. The Labute approximate surface area is 289 Å². The van der Waals surface area contributed by atoms with Crippen LogP contribution < -0.4 is 0 Å². The van der Waals surface area contributed by atoms with Gasteiger partial charge in [0.25, 0.3) is 0 Å². The molecule has 0 saturated carbocycles. The summed E-state index contributed by atoms with van der Waals surface area (Å²) in [6.45, 7) is 0. The first-order valence-electron chi connectivity index (χ1n) is 24.6. The van der Waals surface area contributed by atoms with Gasteiger partial charge in [0, 0.05) is 43.7 Å². The average Bonchev–Trinajstić information content (AvgIpc) is 4.00. The van der Waals surface area contributed by atoms with Crippen molar-refractivity contribution in [2.75, 3.05) is 0 Å². The average molecular weight is 597 g/mol. The molecule has 3 aromatic heterocycles. The van der Waals surface area contributed by atoms with Crippen LogP contribution in [0.2, 0.25) is 0 Å². The SMILES string of the molecule is [2H]c1c([2H])c([2H])c2c(oc3c([2H])c([2H])c([2H])c(-c4cccc(-n5c6c([2H])c([2H])c([2H])c([2H])c6c6c([2H])c([2H])c(-n7c8c([2H])c([2H])c([2H])c([2H])c8c8c([2H])c([2H])c([2H])c([2H])c87)c([2H])c65)c4)c32)c1[2H]. The molecule has 0 saturated heterocycles. The fourth-order valence-electron chi connectivity index (χ4n) is 5.89. The zero-order valence-electron chi connectivity index (χ0n) is 44.6. The van der Waals surface area contributed by atoms with Gasteiger partial charge >= 0.3 is 0 Å². The second-order valence-corrected chi connectivity index (χ2v) is 10.1. The summed E-state index contributed by atoms with van der Waals surface area (Å²) in [6.07, 6.45) is 0. The maximum atomic E-state index is 9.97. The summed E-state index contributed by atoms with van der Waals surface area (Å²) in [5.41, 5.74) is -2.91. The smallest absolute Gasteiger partial charge is 0.136 e. The van der Waals surface area contributed by atoms with Gasteiger partial charge in [0.15, 0.2) is 0 Å². The van der Waals surface area contributed by atoms with Gasteiger partial charge in [0.05, 0.1) is 52.2 Å². The lowest BCUT2D eigenvalue weighted by molar-refractivity contribution is 0.669. The summed E-state index contributed by atoms with van der Waals surface area (Å²) in [5.74, 6) is 0. The highest BCUT2D eigenvalue weighted by atomic mass is 16.3. The molecular weight excluding hydrogens is 548 g/mol. The monoisotopic (exact) mass is 596 g/mol. The molecule has 0 atom stereocenters. The minimum Gasteiger partial charge on any atom is -0.456 e. The second kappa shape index (κ2) is 9.22. The fraction of sp³-hybridized carbons (Fsp3) is 0. The van der Waals surface area contributed by atoms with Crippen molar-refractivity contribution in [2.45, 2.75) is 0 Å². The van der Waals surface area contributed by atoms with Crippen LogP contribution in [0.3, 0.4) is 0 Å². The first-order valence-corrected chi connectivity index (χ1v) is 13.6. The van der Waals surface area contributed by atoms with Gasteiger partial charge in [-0.3, -0.25) is 0 Å². The van der Waals surface area contributed by atoms with Crippen molar-refractivity contribution >= 4 is 65.6 Å². The molecule has 3 heterocycles. The third-order valence-corrected chi connectivity index (χ3v) is 7.74. The van der Waals surface area contributed by atoms with E-state index in [1.54, 1.807) is 0 Å². The Hall–Kier alpha value is -6.06. The van der Waals surface area contributed by atoms with Gasteiger partial charge in [0.2, 0.25) is 0 Å². The van der Waals surface area contributed by atoms with Gasteiger partial charge < -0.3 is 13.6 Å². The van der Waals surface area contributed by atoms with Gasteiger partial charge in [-0.05, 0) is 65.6 Å². The minimum atomic E-state index is -0.813. The maximum absolute atomic E-state index is 9.97. The topological polar surface area (TPSA) is 23.0 Å². The van der Waals surface area contributed by atoms with Crippen molar-refractivity contribution in [2.24, 2.45) is 0 Å². The zero-order valence-corrected chi connectivity index (χ0v) is 22.6. The number of fused-ring (bicyclic) bond motifs is 9. The lowest BCUT2D eigenvalue weighted by Gasteiger charge is -2.13. The molecule has 7 aromatic carbocycles. The summed E-state index contributed by atoms with van der Waals surface area (Å²) < 4.78 is 203. The first kappa shape index (κ1) is 11.5. The van der Waals surface area contributed by atoms with Crippen LogP contribution in [0.1, 0.15) is 30.2 Å². The highest BCUT2D eigenvalue weighted by molar-refractivity contribution is 6.14. The molecule has 3 nitrogen and oxygen atoms in total. The number of hydrogen-bond donors (Lipinski definition) is 0. The number of rotatable bonds is 3. The van der Waals surface area contributed by atoms with Crippen LogP contribution >= 0.6 is 0 Å². The van der Waals surface area contributed by atoms with Crippen molar-refractivity contribution in [3.63, 3.8) is 0 Å². The normalized spacial score (nSPS) is 18.8. The first-order chi connectivity index (χ1) is 31.5. The highest BCUT2D eigenvalue weighted by Gasteiger charge is 2.17. The van der Waals surface area contributed by atoms with Crippen molar-refractivity contribution in [3.05, 3.63) is 157 Å². The van der Waals surface area contributed by atoms with Crippen LogP contribution in [0.15, 0.2) is 162 Å². The van der Waals surface area contributed by atoms with Crippen molar-refractivity contribution in [1.82, 2.24) is 9.13 Å². The Morgan fingerprint density at radius 1 is 0.467 bits per heavy atom. The number of nitrogens with zero attached hydrogens (tertiary/aromatic N) is 2. The second-order valence-electron chi connectivity index (χ2n) is 10.1.